The summed E-state index contributed by atoms with van der Waals surface area (Å²) in [5.41, 5.74) is 1.75. The minimum Gasteiger partial charge on any atom is -0.449 e. The number of carbonyl (C=O) groups excluding carboxylic acids is 1. The Morgan fingerprint density at radius 1 is 1.56 bits per heavy atom. The Kier molecular flexibility index (Phi) is 4.09. The number of anilines is 1. The van der Waals surface area contributed by atoms with E-state index in [2.05, 4.69) is 0 Å². The Balaban J connectivity index is 2.21. The fourth-order valence-corrected chi connectivity index (χ4v) is 2.35. The quantitative estimate of drug-likeness (QED) is 0.918. The molecule has 18 heavy (non-hydrogen) atoms. The van der Waals surface area contributed by atoms with E-state index in [0.717, 1.165) is 11.3 Å². The summed E-state index contributed by atoms with van der Waals surface area (Å²) in [6.07, 6.45) is 0.297. The van der Waals surface area contributed by atoms with Crippen LogP contribution < -0.4 is 4.90 Å². The molecular formula is C13H16ClNO3. The lowest BCUT2D eigenvalue weighted by Gasteiger charge is -2.32. The van der Waals surface area contributed by atoms with Crippen LogP contribution >= 0.6 is 11.6 Å². The second-order valence-corrected chi connectivity index (χ2v) is 4.93. The Morgan fingerprint density at radius 2 is 2.33 bits per heavy atom. The molecule has 1 atom stereocenters. The zero-order chi connectivity index (χ0) is 13.1. The Labute approximate surface area is 111 Å². The summed E-state index contributed by atoms with van der Waals surface area (Å²) in [7, 11) is 0. The van der Waals surface area contributed by atoms with E-state index in [1.165, 1.54) is 0 Å². The van der Waals surface area contributed by atoms with Gasteiger partial charge in [0.05, 0.1) is 12.3 Å². The number of hydrogen-bond donors (Lipinski definition) is 1. The normalized spacial score (nSPS) is 19.8. The molecule has 1 aromatic carbocycles. The molecule has 1 aliphatic rings. The number of benzene rings is 1. The smallest absolute Gasteiger partial charge is 0.414 e. The van der Waals surface area contributed by atoms with Gasteiger partial charge in [-0.05, 0) is 37.1 Å². The molecule has 1 heterocycles. The Bertz CT molecular complexity index is 450. The first-order chi connectivity index (χ1) is 8.61. The summed E-state index contributed by atoms with van der Waals surface area (Å²) in [5, 5.41) is 9.60. The number of rotatable bonds is 3. The average Bonchev–Trinajstić information content (AvgIpc) is 2.33. The molecule has 1 saturated heterocycles. The van der Waals surface area contributed by atoms with Gasteiger partial charge in [-0.1, -0.05) is 11.6 Å². The molecule has 1 N–H and O–H groups in total. The fraction of sp³-hybridized carbons (Fsp3) is 0.462. The van der Waals surface area contributed by atoms with Crippen molar-refractivity contribution in [3.8, 4) is 0 Å². The van der Waals surface area contributed by atoms with E-state index < -0.39 is 0 Å². The van der Waals surface area contributed by atoms with Crippen LogP contribution in [-0.4, -0.2) is 31.0 Å². The van der Waals surface area contributed by atoms with Crippen LogP contribution in [0, 0.1) is 12.8 Å². The minimum atomic E-state index is -0.338. The van der Waals surface area contributed by atoms with Gasteiger partial charge in [0, 0.05) is 24.1 Å². The van der Waals surface area contributed by atoms with Gasteiger partial charge in [0.1, 0.15) is 0 Å². The number of aliphatic hydroxyl groups excluding tert-OH is 1. The van der Waals surface area contributed by atoms with E-state index in [1.54, 1.807) is 11.0 Å². The third-order valence-electron chi connectivity index (χ3n) is 3.09. The van der Waals surface area contributed by atoms with Crippen LogP contribution in [-0.2, 0) is 4.74 Å². The molecule has 0 aromatic heterocycles. The van der Waals surface area contributed by atoms with Gasteiger partial charge >= 0.3 is 6.09 Å². The molecule has 2 rings (SSSR count). The fourth-order valence-electron chi connectivity index (χ4n) is 2.13. The van der Waals surface area contributed by atoms with Crippen molar-refractivity contribution in [2.75, 3.05) is 24.7 Å². The number of carbonyl (C=O) groups is 1. The van der Waals surface area contributed by atoms with Crippen LogP contribution in [0.2, 0.25) is 5.02 Å². The van der Waals surface area contributed by atoms with Crippen molar-refractivity contribution in [2.24, 2.45) is 5.92 Å². The predicted molar refractivity (Wildman–Crippen MR) is 70.1 cm³/mol. The van der Waals surface area contributed by atoms with Crippen LogP contribution in [0.15, 0.2) is 18.2 Å². The molecule has 1 aliphatic heterocycles. The molecule has 1 fully saturated rings. The number of cyclic esters (lactones) is 1. The third kappa shape index (κ3) is 2.76. The van der Waals surface area contributed by atoms with E-state index >= 15 is 0 Å². The summed E-state index contributed by atoms with van der Waals surface area (Å²) in [6, 6.07) is 5.40. The first kappa shape index (κ1) is 13.2. The molecule has 1 unspecified atom stereocenters. The number of halogens is 1. The predicted octanol–water partition coefficient (Wildman–Crippen LogP) is 2.60. The van der Waals surface area contributed by atoms with Gasteiger partial charge in [0.15, 0.2) is 0 Å². The maximum absolute atomic E-state index is 11.8. The van der Waals surface area contributed by atoms with Crippen LogP contribution in [0.3, 0.4) is 0 Å². The number of nitrogens with zero attached hydrogens (tertiary/aromatic N) is 1. The highest BCUT2D eigenvalue weighted by Gasteiger charge is 2.28. The highest BCUT2D eigenvalue weighted by molar-refractivity contribution is 6.30. The van der Waals surface area contributed by atoms with Gasteiger partial charge in [0.25, 0.3) is 0 Å². The second-order valence-electron chi connectivity index (χ2n) is 4.50. The van der Waals surface area contributed by atoms with Gasteiger partial charge in [-0.2, -0.15) is 0 Å². The summed E-state index contributed by atoms with van der Waals surface area (Å²) in [6.45, 7) is 2.96. The van der Waals surface area contributed by atoms with Crippen molar-refractivity contribution >= 4 is 23.4 Å². The van der Waals surface area contributed by atoms with E-state index in [0.29, 0.717) is 24.6 Å². The number of hydrogen-bond acceptors (Lipinski definition) is 3. The van der Waals surface area contributed by atoms with Crippen molar-refractivity contribution in [1.82, 2.24) is 0 Å². The zero-order valence-corrected chi connectivity index (χ0v) is 11.0. The topological polar surface area (TPSA) is 49.8 Å². The standard InChI is InChI=1S/C13H16ClNO3/c1-9-6-11(14)2-3-12(9)15-7-10(4-5-16)8-18-13(15)17/h2-3,6,10,16H,4-5,7-8H2,1H3. The lowest BCUT2D eigenvalue weighted by molar-refractivity contribution is 0.104. The van der Waals surface area contributed by atoms with Crippen LogP contribution in [0.1, 0.15) is 12.0 Å². The molecule has 0 bridgehead atoms. The molecule has 0 spiro atoms. The number of ether oxygens (including phenoxy) is 1. The average molecular weight is 270 g/mol. The second kappa shape index (κ2) is 5.59. The van der Waals surface area contributed by atoms with E-state index in [-0.39, 0.29) is 18.6 Å². The first-order valence-electron chi connectivity index (χ1n) is 5.93. The largest absolute Gasteiger partial charge is 0.449 e. The van der Waals surface area contributed by atoms with Gasteiger partial charge < -0.3 is 9.84 Å². The number of aryl methyl sites for hydroxylation is 1. The molecule has 5 heteroatoms. The van der Waals surface area contributed by atoms with Crippen molar-refractivity contribution in [3.63, 3.8) is 0 Å². The molecule has 0 radical (unpaired) electrons. The van der Waals surface area contributed by atoms with Crippen LogP contribution in [0.5, 0.6) is 0 Å². The van der Waals surface area contributed by atoms with Gasteiger partial charge in [-0.3, -0.25) is 4.90 Å². The third-order valence-corrected chi connectivity index (χ3v) is 3.33. The SMILES string of the molecule is Cc1cc(Cl)ccc1N1CC(CCO)COC1=O. The van der Waals surface area contributed by atoms with Gasteiger partial charge in [-0.15, -0.1) is 0 Å². The number of aliphatic hydroxyl groups is 1. The molecule has 4 nitrogen and oxygen atoms in total. The highest BCUT2D eigenvalue weighted by Crippen LogP contribution is 2.27. The minimum absolute atomic E-state index is 0.107. The molecule has 0 aliphatic carbocycles. The van der Waals surface area contributed by atoms with Crippen molar-refractivity contribution in [3.05, 3.63) is 28.8 Å². The summed E-state index contributed by atoms with van der Waals surface area (Å²) >= 11 is 5.90. The Morgan fingerprint density at radius 3 is 3.00 bits per heavy atom. The van der Waals surface area contributed by atoms with E-state index in [1.807, 2.05) is 19.1 Å². The van der Waals surface area contributed by atoms with Crippen molar-refractivity contribution < 1.29 is 14.6 Å². The molecule has 98 valence electrons. The summed E-state index contributed by atoms with van der Waals surface area (Å²) in [5.74, 6) is 0.169. The molecule has 0 saturated carbocycles. The number of amides is 1. The molecule has 1 aromatic rings. The summed E-state index contributed by atoms with van der Waals surface area (Å²) in [4.78, 5) is 13.4. The maximum Gasteiger partial charge on any atom is 0.414 e. The molecular weight excluding hydrogens is 254 g/mol. The lowest BCUT2D eigenvalue weighted by Crippen LogP contribution is -2.43. The summed E-state index contributed by atoms with van der Waals surface area (Å²) < 4.78 is 5.14. The zero-order valence-electron chi connectivity index (χ0n) is 10.2. The van der Waals surface area contributed by atoms with Gasteiger partial charge in [-0.25, -0.2) is 4.79 Å². The van der Waals surface area contributed by atoms with Gasteiger partial charge in [0.2, 0.25) is 0 Å². The van der Waals surface area contributed by atoms with Crippen molar-refractivity contribution in [1.29, 1.82) is 0 Å². The highest BCUT2D eigenvalue weighted by atomic mass is 35.5. The maximum atomic E-state index is 11.8. The monoisotopic (exact) mass is 269 g/mol. The first-order valence-corrected chi connectivity index (χ1v) is 6.31. The van der Waals surface area contributed by atoms with Crippen LogP contribution in [0.25, 0.3) is 0 Å². The lowest BCUT2D eigenvalue weighted by atomic mass is 10.0. The molecule has 1 amide bonds. The van der Waals surface area contributed by atoms with Crippen LogP contribution in [0.4, 0.5) is 10.5 Å². The van der Waals surface area contributed by atoms with E-state index in [4.69, 9.17) is 21.4 Å². The van der Waals surface area contributed by atoms with E-state index in [9.17, 15) is 4.79 Å². The van der Waals surface area contributed by atoms with Crippen molar-refractivity contribution in [2.45, 2.75) is 13.3 Å². The Hall–Kier alpha value is -1.26.